The van der Waals surface area contributed by atoms with Crippen molar-refractivity contribution in [2.24, 2.45) is 0 Å². The summed E-state index contributed by atoms with van der Waals surface area (Å²) >= 11 is 3.45. The molecule has 1 N–H and O–H groups in total. The summed E-state index contributed by atoms with van der Waals surface area (Å²) in [6, 6.07) is 13.7. The van der Waals surface area contributed by atoms with Gasteiger partial charge in [0.15, 0.2) is 0 Å². The lowest BCUT2D eigenvalue weighted by Gasteiger charge is -2.30. The van der Waals surface area contributed by atoms with Gasteiger partial charge in [0.1, 0.15) is 6.04 Å². The van der Waals surface area contributed by atoms with Crippen molar-refractivity contribution in [2.75, 3.05) is 0 Å². The lowest BCUT2D eigenvalue weighted by Crippen LogP contribution is -2.50. The molecule has 160 valence electrons. The van der Waals surface area contributed by atoms with E-state index < -0.39 is 6.04 Å². The summed E-state index contributed by atoms with van der Waals surface area (Å²) in [5.41, 5.74) is 4.37. The second kappa shape index (κ2) is 10.3. The molecular formula is C25H31BrN2O2. The van der Waals surface area contributed by atoms with Crippen molar-refractivity contribution >= 4 is 27.7 Å². The van der Waals surface area contributed by atoms with Crippen molar-refractivity contribution < 1.29 is 9.59 Å². The zero-order valence-electron chi connectivity index (χ0n) is 18.1. The molecule has 0 spiro atoms. The van der Waals surface area contributed by atoms with Crippen LogP contribution >= 0.6 is 15.9 Å². The maximum atomic E-state index is 13.3. The number of carbonyl (C=O) groups is 2. The topological polar surface area (TPSA) is 49.4 Å². The van der Waals surface area contributed by atoms with E-state index in [0.717, 1.165) is 41.3 Å². The van der Waals surface area contributed by atoms with Gasteiger partial charge in [-0.25, -0.2) is 0 Å². The Morgan fingerprint density at radius 1 is 1.03 bits per heavy atom. The molecule has 2 amide bonds. The SMILES string of the molecule is Cc1ccc(CC(=O)N(Cc2ccc(Br)cc2)[C@H](C)C(=O)NC2CCCC2)cc1C. The normalized spacial score (nSPS) is 15.1. The molecule has 4 nitrogen and oxygen atoms in total. The first-order valence-electron chi connectivity index (χ1n) is 10.7. The van der Waals surface area contributed by atoms with Crippen LogP contribution in [0.5, 0.6) is 0 Å². The molecule has 0 saturated heterocycles. The second-order valence-electron chi connectivity index (χ2n) is 8.41. The summed E-state index contributed by atoms with van der Waals surface area (Å²) in [5, 5.41) is 3.15. The molecule has 1 fully saturated rings. The van der Waals surface area contributed by atoms with E-state index in [1.54, 1.807) is 4.90 Å². The minimum Gasteiger partial charge on any atom is -0.352 e. The highest BCUT2D eigenvalue weighted by Gasteiger charge is 2.28. The Hall–Kier alpha value is -2.14. The number of aryl methyl sites for hydroxylation is 2. The lowest BCUT2D eigenvalue weighted by atomic mass is 10.0. The van der Waals surface area contributed by atoms with Gasteiger partial charge in [-0.2, -0.15) is 0 Å². The van der Waals surface area contributed by atoms with Crippen LogP contribution in [0.2, 0.25) is 0 Å². The molecule has 0 radical (unpaired) electrons. The van der Waals surface area contributed by atoms with Crippen LogP contribution in [0.25, 0.3) is 0 Å². The number of hydrogen-bond donors (Lipinski definition) is 1. The number of hydrogen-bond acceptors (Lipinski definition) is 2. The van der Waals surface area contributed by atoms with Gasteiger partial charge in [-0.05, 0) is 68.0 Å². The van der Waals surface area contributed by atoms with Crippen molar-refractivity contribution in [3.05, 3.63) is 69.2 Å². The Kier molecular flexibility index (Phi) is 7.70. The maximum Gasteiger partial charge on any atom is 0.242 e. The van der Waals surface area contributed by atoms with Gasteiger partial charge in [-0.1, -0.05) is 59.1 Å². The Bertz CT molecular complexity index is 889. The molecule has 1 saturated carbocycles. The van der Waals surface area contributed by atoms with Gasteiger partial charge in [-0.3, -0.25) is 9.59 Å². The molecule has 3 rings (SSSR count). The first-order valence-corrected chi connectivity index (χ1v) is 11.5. The van der Waals surface area contributed by atoms with Crippen molar-refractivity contribution in [1.29, 1.82) is 0 Å². The Morgan fingerprint density at radius 2 is 1.67 bits per heavy atom. The highest BCUT2D eigenvalue weighted by molar-refractivity contribution is 9.10. The van der Waals surface area contributed by atoms with Crippen LogP contribution in [0.1, 0.15) is 54.9 Å². The Morgan fingerprint density at radius 3 is 2.30 bits per heavy atom. The predicted molar refractivity (Wildman–Crippen MR) is 124 cm³/mol. The minimum absolute atomic E-state index is 0.0322. The molecule has 2 aromatic carbocycles. The predicted octanol–water partition coefficient (Wildman–Crippen LogP) is 5.08. The fourth-order valence-corrected chi connectivity index (χ4v) is 4.22. The number of halogens is 1. The number of rotatable bonds is 7. The largest absolute Gasteiger partial charge is 0.352 e. The Labute approximate surface area is 188 Å². The molecule has 30 heavy (non-hydrogen) atoms. The van der Waals surface area contributed by atoms with E-state index in [1.165, 1.54) is 11.1 Å². The average molecular weight is 471 g/mol. The first kappa shape index (κ1) is 22.5. The van der Waals surface area contributed by atoms with Gasteiger partial charge in [-0.15, -0.1) is 0 Å². The maximum absolute atomic E-state index is 13.3. The van der Waals surface area contributed by atoms with Crippen LogP contribution in [0.4, 0.5) is 0 Å². The second-order valence-corrected chi connectivity index (χ2v) is 9.33. The van der Waals surface area contributed by atoms with E-state index in [-0.39, 0.29) is 17.9 Å². The minimum atomic E-state index is -0.520. The van der Waals surface area contributed by atoms with Gasteiger partial charge in [0.2, 0.25) is 11.8 Å². The van der Waals surface area contributed by atoms with Gasteiger partial charge in [0.25, 0.3) is 0 Å². The molecule has 1 aliphatic rings. The van der Waals surface area contributed by atoms with Crippen LogP contribution in [0.15, 0.2) is 46.9 Å². The van der Waals surface area contributed by atoms with E-state index in [9.17, 15) is 9.59 Å². The summed E-state index contributed by atoms with van der Waals surface area (Å²) in [6.07, 6.45) is 4.67. The average Bonchev–Trinajstić information content (AvgIpc) is 3.22. The number of benzene rings is 2. The van der Waals surface area contributed by atoms with Crippen molar-refractivity contribution in [1.82, 2.24) is 10.2 Å². The first-order chi connectivity index (χ1) is 14.3. The van der Waals surface area contributed by atoms with Crippen molar-refractivity contribution in [3.8, 4) is 0 Å². The van der Waals surface area contributed by atoms with Gasteiger partial charge in [0, 0.05) is 17.1 Å². The van der Waals surface area contributed by atoms with Gasteiger partial charge in [0.05, 0.1) is 6.42 Å². The van der Waals surface area contributed by atoms with E-state index in [4.69, 9.17) is 0 Å². The van der Waals surface area contributed by atoms with Crippen molar-refractivity contribution in [2.45, 2.75) is 71.5 Å². The van der Waals surface area contributed by atoms with Crippen LogP contribution in [-0.4, -0.2) is 28.8 Å². The molecule has 1 aliphatic carbocycles. The third kappa shape index (κ3) is 5.94. The number of nitrogens with one attached hydrogen (secondary N) is 1. The van der Waals surface area contributed by atoms with E-state index in [2.05, 4.69) is 41.2 Å². The summed E-state index contributed by atoms with van der Waals surface area (Å²) in [7, 11) is 0. The summed E-state index contributed by atoms with van der Waals surface area (Å²) in [4.78, 5) is 27.9. The molecule has 2 aromatic rings. The highest BCUT2D eigenvalue weighted by Crippen LogP contribution is 2.20. The highest BCUT2D eigenvalue weighted by atomic mass is 79.9. The summed E-state index contributed by atoms with van der Waals surface area (Å²) in [5.74, 6) is -0.0947. The molecular weight excluding hydrogens is 440 g/mol. The zero-order valence-corrected chi connectivity index (χ0v) is 19.7. The molecule has 0 unspecified atom stereocenters. The molecule has 0 aliphatic heterocycles. The zero-order chi connectivity index (χ0) is 21.7. The fourth-order valence-electron chi connectivity index (χ4n) is 3.95. The lowest BCUT2D eigenvalue weighted by molar-refractivity contribution is -0.140. The third-order valence-electron chi connectivity index (χ3n) is 6.06. The Balaban J connectivity index is 1.77. The third-order valence-corrected chi connectivity index (χ3v) is 6.59. The number of nitrogens with zero attached hydrogens (tertiary/aromatic N) is 1. The van der Waals surface area contributed by atoms with Crippen LogP contribution < -0.4 is 5.32 Å². The number of amides is 2. The fraction of sp³-hybridized carbons (Fsp3) is 0.440. The van der Waals surface area contributed by atoms with Crippen LogP contribution in [-0.2, 0) is 22.6 Å². The van der Waals surface area contributed by atoms with Gasteiger partial charge >= 0.3 is 0 Å². The van der Waals surface area contributed by atoms with Crippen LogP contribution in [0, 0.1) is 13.8 Å². The molecule has 0 heterocycles. The molecule has 0 bridgehead atoms. The smallest absolute Gasteiger partial charge is 0.242 e. The van der Waals surface area contributed by atoms with Gasteiger partial charge < -0.3 is 10.2 Å². The van der Waals surface area contributed by atoms with E-state index in [1.807, 2.05) is 43.3 Å². The number of carbonyl (C=O) groups excluding carboxylic acids is 2. The van der Waals surface area contributed by atoms with E-state index in [0.29, 0.717) is 13.0 Å². The standard InChI is InChI=1S/C25H31BrN2O2/c1-17-8-9-21(14-18(17)2)15-24(29)28(16-20-10-12-22(26)13-11-20)19(3)25(30)27-23-6-4-5-7-23/h8-14,19,23H,4-7,15-16H2,1-3H3,(H,27,30)/t19-/m1/s1. The summed E-state index contributed by atoms with van der Waals surface area (Å²) in [6.45, 7) is 6.37. The van der Waals surface area contributed by atoms with Crippen LogP contribution in [0.3, 0.4) is 0 Å². The monoisotopic (exact) mass is 470 g/mol. The molecule has 5 heteroatoms. The molecule has 0 aromatic heterocycles. The van der Waals surface area contributed by atoms with E-state index >= 15 is 0 Å². The summed E-state index contributed by atoms with van der Waals surface area (Å²) < 4.78 is 0.992. The molecule has 1 atom stereocenters. The quantitative estimate of drug-likeness (QED) is 0.612. The van der Waals surface area contributed by atoms with Crippen molar-refractivity contribution in [3.63, 3.8) is 0 Å².